The maximum atomic E-state index is 13.1. The second-order valence-corrected chi connectivity index (χ2v) is 5.26. The molecule has 0 saturated heterocycles. The molecule has 1 aliphatic rings. The van der Waals surface area contributed by atoms with E-state index in [1.807, 2.05) is 0 Å². The van der Waals surface area contributed by atoms with E-state index < -0.39 is 29.3 Å². The largest absolute Gasteiger partial charge is 0.370 e. The lowest BCUT2D eigenvalue weighted by atomic mass is 10.2. The van der Waals surface area contributed by atoms with E-state index in [0.717, 1.165) is 0 Å². The fourth-order valence-corrected chi connectivity index (χ4v) is 2.59. The highest BCUT2D eigenvalue weighted by molar-refractivity contribution is 7.86. The van der Waals surface area contributed by atoms with Crippen molar-refractivity contribution in [2.24, 2.45) is 0 Å². The number of ether oxygens (including phenoxy) is 1. The summed E-state index contributed by atoms with van der Waals surface area (Å²) in [6.45, 7) is -2.26. The van der Waals surface area contributed by atoms with E-state index in [-0.39, 0.29) is 11.5 Å². The Hall–Kier alpha value is -1.05. The van der Waals surface area contributed by atoms with Gasteiger partial charge in [-0.2, -0.15) is 8.42 Å². The molecule has 0 atom stereocenters. The highest BCUT2D eigenvalue weighted by atomic mass is 32.2. The fraction of sp³-hybridized carbons (Fsp3) is 0.400. The van der Waals surface area contributed by atoms with Crippen molar-refractivity contribution in [3.05, 3.63) is 29.8 Å². The minimum Gasteiger partial charge on any atom is -0.370 e. The number of benzene rings is 1. The number of fused-ring (bicyclic) bond motifs is 1. The highest BCUT2D eigenvalue weighted by Crippen LogP contribution is 2.25. The van der Waals surface area contributed by atoms with Crippen molar-refractivity contribution in [1.82, 2.24) is 0 Å². The molecule has 0 radical (unpaired) electrons. The molecule has 2 rings (SSSR count). The second kappa shape index (κ2) is 4.32. The average Bonchev–Trinajstić information content (AvgIpc) is 2.30. The number of hydrogen-bond donors (Lipinski definition) is 0. The van der Waals surface area contributed by atoms with Gasteiger partial charge in [-0.1, -0.05) is 18.2 Å². The first kappa shape index (κ1) is 12.4. The molecule has 0 bridgehead atoms. The minimum atomic E-state index is -4.16. The van der Waals surface area contributed by atoms with Gasteiger partial charge in [0.25, 0.3) is 16.0 Å². The molecule has 0 fully saturated rings. The van der Waals surface area contributed by atoms with E-state index in [1.54, 1.807) is 6.07 Å². The summed E-state index contributed by atoms with van der Waals surface area (Å²) in [6.07, 6.45) is 0. The summed E-state index contributed by atoms with van der Waals surface area (Å²) in [4.78, 5) is -0.127. The molecular weight excluding hydrogens is 254 g/mol. The summed E-state index contributed by atoms with van der Waals surface area (Å²) >= 11 is 0. The number of rotatable bonds is 0. The standard InChI is InChI=1S/C10H10F2O4S/c11-10(12)6-15-5-8-3-1-2-4-9(8)17(13,14)16-7-10/h1-4H,5-7H2. The molecule has 0 unspecified atom stereocenters. The number of alkyl halides is 2. The summed E-state index contributed by atoms with van der Waals surface area (Å²) < 4.78 is 58.6. The van der Waals surface area contributed by atoms with Crippen molar-refractivity contribution < 1.29 is 26.1 Å². The van der Waals surface area contributed by atoms with Crippen LogP contribution in [0.1, 0.15) is 5.56 Å². The third-order valence-corrected chi connectivity index (χ3v) is 3.60. The monoisotopic (exact) mass is 264 g/mol. The zero-order valence-corrected chi connectivity index (χ0v) is 9.54. The van der Waals surface area contributed by atoms with Gasteiger partial charge < -0.3 is 4.74 Å². The summed E-state index contributed by atoms with van der Waals surface area (Å²) in [5, 5.41) is 0. The molecule has 0 aromatic heterocycles. The SMILES string of the molecule is O=S1(=O)OCC(F)(F)COCc2ccccc21. The molecular formula is C10H10F2O4S. The van der Waals surface area contributed by atoms with Crippen LogP contribution in [0.15, 0.2) is 29.2 Å². The molecule has 1 heterocycles. The lowest BCUT2D eigenvalue weighted by molar-refractivity contribution is -0.103. The van der Waals surface area contributed by atoms with Gasteiger partial charge in [-0.05, 0) is 11.6 Å². The maximum absolute atomic E-state index is 13.1. The van der Waals surface area contributed by atoms with E-state index >= 15 is 0 Å². The Kier molecular flexibility index (Phi) is 3.15. The average molecular weight is 264 g/mol. The van der Waals surface area contributed by atoms with Gasteiger partial charge in [-0.25, -0.2) is 8.78 Å². The Balaban J connectivity index is 2.42. The molecule has 0 amide bonds. The van der Waals surface area contributed by atoms with Crippen LogP contribution in [0.25, 0.3) is 0 Å². The molecule has 1 aromatic rings. The highest BCUT2D eigenvalue weighted by Gasteiger charge is 2.35. The summed E-state index contributed by atoms with van der Waals surface area (Å²) in [5.74, 6) is -3.31. The summed E-state index contributed by atoms with van der Waals surface area (Å²) in [6, 6.07) is 5.90. The van der Waals surface area contributed by atoms with Crippen molar-refractivity contribution in [2.45, 2.75) is 17.4 Å². The first-order valence-corrected chi connectivity index (χ1v) is 6.24. The molecule has 7 heteroatoms. The topological polar surface area (TPSA) is 52.6 Å². The summed E-state index contributed by atoms with van der Waals surface area (Å²) in [5.41, 5.74) is 0.310. The molecule has 0 N–H and O–H groups in total. The van der Waals surface area contributed by atoms with Gasteiger partial charge in [0.1, 0.15) is 13.2 Å². The summed E-state index contributed by atoms with van der Waals surface area (Å²) in [7, 11) is -4.16. The first-order valence-electron chi connectivity index (χ1n) is 4.84. The van der Waals surface area contributed by atoms with Crippen LogP contribution in [-0.2, 0) is 25.6 Å². The molecule has 0 spiro atoms. The molecule has 94 valence electrons. The van der Waals surface area contributed by atoms with Crippen molar-refractivity contribution in [3.8, 4) is 0 Å². The van der Waals surface area contributed by atoms with E-state index in [9.17, 15) is 17.2 Å². The molecule has 1 aromatic carbocycles. The van der Waals surface area contributed by atoms with Gasteiger partial charge in [-0.3, -0.25) is 4.18 Å². The van der Waals surface area contributed by atoms with E-state index in [0.29, 0.717) is 5.56 Å². The molecule has 4 nitrogen and oxygen atoms in total. The Bertz CT molecular complexity index is 513. The smallest absolute Gasteiger partial charge is 0.297 e. The van der Waals surface area contributed by atoms with Gasteiger partial charge in [0, 0.05) is 0 Å². The van der Waals surface area contributed by atoms with Crippen molar-refractivity contribution in [1.29, 1.82) is 0 Å². The minimum absolute atomic E-state index is 0.127. The third-order valence-electron chi connectivity index (χ3n) is 2.24. The van der Waals surface area contributed by atoms with Crippen LogP contribution in [0.2, 0.25) is 0 Å². The van der Waals surface area contributed by atoms with E-state index in [4.69, 9.17) is 4.74 Å². The zero-order chi connectivity index (χ0) is 12.5. The van der Waals surface area contributed by atoms with Crippen LogP contribution in [0.5, 0.6) is 0 Å². The van der Waals surface area contributed by atoms with E-state index in [1.165, 1.54) is 18.2 Å². The van der Waals surface area contributed by atoms with Crippen LogP contribution in [0.3, 0.4) is 0 Å². The van der Waals surface area contributed by atoms with Crippen LogP contribution in [-0.4, -0.2) is 27.6 Å². The first-order chi connectivity index (χ1) is 7.91. The molecule has 1 aliphatic heterocycles. The van der Waals surface area contributed by atoms with Crippen LogP contribution < -0.4 is 0 Å². The van der Waals surface area contributed by atoms with Crippen molar-refractivity contribution >= 4 is 10.1 Å². The quantitative estimate of drug-likeness (QED) is 0.667. The Labute approximate surface area is 97.3 Å². The van der Waals surface area contributed by atoms with Gasteiger partial charge in [0.15, 0.2) is 0 Å². The number of hydrogen-bond acceptors (Lipinski definition) is 4. The second-order valence-electron chi connectivity index (χ2n) is 3.67. The predicted molar refractivity (Wildman–Crippen MR) is 54.2 cm³/mol. The van der Waals surface area contributed by atoms with Crippen LogP contribution in [0.4, 0.5) is 8.78 Å². The zero-order valence-electron chi connectivity index (χ0n) is 8.73. The Morgan fingerprint density at radius 3 is 2.65 bits per heavy atom. The van der Waals surface area contributed by atoms with Gasteiger partial charge >= 0.3 is 0 Å². The van der Waals surface area contributed by atoms with Gasteiger partial charge in [-0.15, -0.1) is 0 Å². The normalized spacial score (nSPS) is 22.9. The maximum Gasteiger partial charge on any atom is 0.297 e. The molecule has 17 heavy (non-hydrogen) atoms. The number of halogens is 2. The van der Waals surface area contributed by atoms with Crippen molar-refractivity contribution in [2.75, 3.05) is 13.2 Å². The van der Waals surface area contributed by atoms with E-state index in [2.05, 4.69) is 4.18 Å². The molecule has 0 saturated carbocycles. The molecule has 0 aliphatic carbocycles. The van der Waals surface area contributed by atoms with Gasteiger partial charge in [0.2, 0.25) is 0 Å². The van der Waals surface area contributed by atoms with Gasteiger partial charge in [0.05, 0.1) is 11.5 Å². The third kappa shape index (κ3) is 2.80. The lowest BCUT2D eigenvalue weighted by Gasteiger charge is -2.13. The Morgan fingerprint density at radius 2 is 1.88 bits per heavy atom. The fourth-order valence-electron chi connectivity index (χ4n) is 1.45. The lowest BCUT2D eigenvalue weighted by Crippen LogP contribution is -2.30. The Morgan fingerprint density at radius 1 is 1.18 bits per heavy atom. The predicted octanol–water partition coefficient (Wildman–Crippen LogP) is 1.56. The van der Waals surface area contributed by atoms with Crippen LogP contribution in [0, 0.1) is 0 Å². The van der Waals surface area contributed by atoms with Crippen LogP contribution >= 0.6 is 0 Å². The van der Waals surface area contributed by atoms with Crippen molar-refractivity contribution in [3.63, 3.8) is 0 Å².